The lowest BCUT2D eigenvalue weighted by molar-refractivity contribution is -0.140. The molecule has 1 aromatic heterocycles. The molecule has 4 nitrogen and oxygen atoms in total. The average molecular weight is 675 g/mol. The Labute approximate surface area is 284 Å². The Morgan fingerprint density at radius 1 is 1.04 bits per heavy atom. The quantitative estimate of drug-likeness (QED) is 0.113. The second-order valence-electron chi connectivity index (χ2n) is 10.8. The van der Waals surface area contributed by atoms with E-state index in [0.717, 1.165) is 73.5 Å². The van der Waals surface area contributed by atoms with E-state index in [4.69, 9.17) is 0 Å². The van der Waals surface area contributed by atoms with Crippen LogP contribution in [0.3, 0.4) is 0 Å². The molecule has 9 heteroatoms. The number of alkyl halides is 3. The molecule has 1 aliphatic rings. The van der Waals surface area contributed by atoms with Crippen LogP contribution in [0.5, 0.6) is 0 Å². The number of aromatic nitrogens is 1. The molecule has 254 valence electrons. The fraction of sp³-hybridized carbons (Fsp3) is 0.514. The first kappa shape index (κ1) is 39.5. The number of fused-ring (bicyclic) bond motifs is 1. The number of nitrogens with one attached hydrogen (secondary N) is 2. The van der Waals surface area contributed by atoms with Crippen LogP contribution in [0.25, 0.3) is 10.9 Å². The number of rotatable bonds is 12. The zero-order valence-corrected chi connectivity index (χ0v) is 30.2. The van der Waals surface area contributed by atoms with Crippen LogP contribution < -0.4 is 10.6 Å². The summed E-state index contributed by atoms with van der Waals surface area (Å²) in [5.41, 5.74) is 4.02. The van der Waals surface area contributed by atoms with Crippen molar-refractivity contribution in [2.75, 3.05) is 41.8 Å². The maximum absolute atomic E-state index is 13.6. The minimum atomic E-state index is -4.34. The summed E-state index contributed by atoms with van der Waals surface area (Å²) in [4.78, 5) is 1.22. The lowest BCUT2D eigenvalue weighted by Crippen LogP contribution is -2.24. The molecule has 4 rings (SSSR count). The second kappa shape index (κ2) is 21.3. The summed E-state index contributed by atoms with van der Waals surface area (Å²) < 4.78 is 44.5. The van der Waals surface area contributed by atoms with Crippen molar-refractivity contribution in [1.29, 1.82) is 0 Å². The summed E-state index contributed by atoms with van der Waals surface area (Å²) in [6.45, 7) is 17.2. The van der Waals surface area contributed by atoms with Crippen LogP contribution in [0.4, 0.5) is 24.5 Å². The van der Waals surface area contributed by atoms with Gasteiger partial charge in [-0.25, -0.2) is 4.31 Å². The molecule has 46 heavy (non-hydrogen) atoms. The van der Waals surface area contributed by atoms with Crippen LogP contribution in [-0.4, -0.2) is 52.2 Å². The van der Waals surface area contributed by atoms with E-state index in [0.29, 0.717) is 23.8 Å². The molecule has 0 aliphatic carbocycles. The number of hydrogen-bond acceptors (Lipinski definition) is 5. The molecule has 0 atom stereocenters. The fourth-order valence-corrected chi connectivity index (χ4v) is 7.42. The molecule has 3 aromatic rings. The Bertz CT molecular complexity index is 1380. The summed E-state index contributed by atoms with van der Waals surface area (Å²) in [7, 11) is 0. The number of allylic oxidation sites excluding steroid dienone is 1. The van der Waals surface area contributed by atoms with E-state index in [1.54, 1.807) is 30.2 Å². The van der Waals surface area contributed by atoms with E-state index in [9.17, 15) is 13.2 Å². The molecule has 0 saturated carbocycles. The number of anilines is 2. The monoisotopic (exact) mass is 674 g/mol. The first-order chi connectivity index (χ1) is 22.2. The number of halogens is 3. The van der Waals surface area contributed by atoms with Gasteiger partial charge in [-0.1, -0.05) is 52.7 Å². The third-order valence-electron chi connectivity index (χ3n) is 7.09. The van der Waals surface area contributed by atoms with Gasteiger partial charge in [0.15, 0.2) is 0 Å². The highest BCUT2D eigenvalue weighted by Crippen LogP contribution is 2.32. The highest BCUT2D eigenvalue weighted by Gasteiger charge is 2.30. The van der Waals surface area contributed by atoms with Crippen molar-refractivity contribution in [2.45, 2.75) is 97.3 Å². The third kappa shape index (κ3) is 12.8. The predicted molar refractivity (Wildman–Crippen MR) is 198 cm³/mol. The second-order valence-corrected chi connectivity index (χ2v) is 13.2. The normalized spacial score (nSPS) is 13.2. The number of hydrogen-bond donors (Lipinski definition) is 2. The molecule has 1 aliphatic heterocycles. The highest BCUT2D eigenvalue weighted by molar-refractivity contribution is 7.99. The minimum Gasteiger partial charge on any atom is -0.382 e. The Balaban J connectivity index is 0.00000139. The zero-order valence-electron chi connectivity index (χ0n) is 28.5. The Kier molecular flexibility index (Phi) is 18.3. The van der Waals surface area contributed by atoms with E-state index >= 15 is 0 Å². The number of benzene rings is 2. The first-order valence-electron chi connectivity index (χ1n) is 16.6. The zero-order chi connectivity index (χ0) is 34.0. The summed E-state index contributed by atoms with van der Waals surface area (Å²) in [5, 5.41) is 7.76. The van der Waals surface area contributed by atoms with Crippen LogP contribution in [0.15, 0.2) is 60.0 Å². The van der Waals surface area contributed by atoms with Crippen molar-refractivity contribution in [2.24, 2.45) is 0 Å². The number of aryl methyl sites for hydroxylation is 1. The van der Waals surface area contributed by atoms with Crippen molar-refractivity contribution >= 4 is 46.0 Å². The standard InChI is InChI=1S/C32H41F3N4S2.C3H6.C2H6/c1-4-17-38(18-5-2)41-27-12-13-29(24(6-3)21-27)36-16-8-9-26-22-28-30(37-25-14-19-40-20-15-25)10-7-11-31(28)39(26)23-32(33,34)35;1-3-2;1-2/h7,10-13,21-22,25,36-37H,4-6,14-20,23H2,1-3H3;3H,1H2,2H3;1-2H3. The molecular weight excluding hydrogens is 622 g/mol. The predicted octanol–water partition coefficient (Wildman–Crippen LogP) is 10.9. The maximum atomic E-state index is 13.6. The summed E-state index contributed by atoms with van der Waals surface area (Å²) >= 11 is 3.75. The molecule has 0 radical (unpaired) electrons. The van der Waals surface area contributed by atoms with E-state index in [-0.39, 0.29) is 0 Å². The van der Waals surface area contributed by atoms with Crippen molar-refractivity contribution in [3.05, 3.63) is 66.4 Å². The fourth-order valence-electron chi connectivity index (χ4n) is 5.14. The van der Waals surface area contributed by atoms with E-state index < -0.39 is 12.7 Å². The Hall–Kier alpha value is -2.67. The molecule has 2 aromatic carbocycles. The van der Waals surface area contributed by atoms with E-state index in [1.807, 2.05) is 44.7 Å². The highest BCUT2D eigenvalue weighted by atomic mass is 32.2. The Morgan fingerprint density at radius 2 is 1.72 bits per heavy atom. The van der Waals surface area contributed by atoms with Gasteiger partial charge in [-0.15, -0.1) is 6.58 Å². The van der Waals surface area contributed by atoms with E-state index in [1.165, 1.54) is 15.0 Å². The third-order valence-corrected chi connectivity index (χ3v) is 9.22. The maximum Gasteiger partial charge on any atom is 0.406 e. The smallest absolute Gasteiger partial charge is 0.382 e. The lowest BCUT2D eigenvalue weighted by Gasteiger charge is -2.24. The summed E-state index contributed by atoms with van der Waals surface area (Å²) in [6, 6.07) is 14.1. The van der Waals surface area contributed by atoms with Crippen LogP contribution in [0.2, 0.25) is 0 Å². The van der Waals surface area contributed by atoms with Gasteiger partial charge < -0.3 is 15.2 Å². The molecule has 1 fully saturated rings. The number of nitrogens with zero attached hydrogens (tertiary/aromatic N) is 2. The average Bonchev–Trinajstić information content (AvgIpc) is 3.38. The van der Waals surface area contributed by atoms with Gasteiger partial charge in [0.25, 0.3) is 0 Å². The van der Waals surface area contributed by atoms with Gasteiger partial charge in [-0.05, 0) is 110 Å². The van der Waals surface area contributed by atoms with Gasteiger partial charge in [0.05, 0.1) is 17.8 Å². The van der Waals surface area contributed by atoms with Gasteiger partial charge in [0.1, 0.15) is 6.54 Å². The molecule has 0 bridgehead atoms. The van der Waals surface area contributed by atoms with Crippen molar-refractivity contribution in [3.63, 3.8) is 0 Å². The van der Waals surface area contributed by atoms with E-state index in [2.05, 4.69) is 72.3 Å². The molecule has 0 amide bonds. The van der Waals surface area contributed by atoms with Crippen molar-refractivity contribution in [3.8, 4) is 11.8 Å². The van der Waals surface area contributed by atoms with Gasteiger partial charge in [0, 0.05) is 40.8 Å². The molecule has 2 N–H and O–H groups in total. The van der Waals surface area contributed by atoms with Crippen LogP contribution >= 0.6 is 23.7 Å². The van der Waals surface area contributed by atoms with Crippen LogP contribution in [0, 0.1) is 11.8 Å². The van der Waals surface area contributed by atoms with Gasteiger partial charge in [-0.2, -0.15) is 24.9 Å². The topological polar surface area (TPSA) is 32.2 Å². The largest absolute Gasteiger partial charge is 0.406 e. The molecule has 0 unspecified atom stereocenters. The van der Waals surface area contributed by atoms with Gasteiger partial charge in [0.2, 0.25) is 0 Å². The minimum absolute atomic E-state index is 0.338. The summed E-state index contributed by atoms with van der Waals surface area (Å²) in [5.74, 6) is 8.32. The molecular formula is C37H53F3N4S2. The van der Waals surface area contributed by atoms with Gasteiger partial charge >= 0.3 is 6.18 Å². The van der Waals surface area contributed by atoms with Crippen LogP contribution in [-0.2, 0) is 13.0 Å². The molecule has 0 spiro atoms. The SMILES string of the molecule is C=CC.CC.CCCN(CCC)Sc1ccc(NCC#Cc2cc3c(NC4CCSCC4)cccc3n2CC(F)(F)F)c(CC)c1. The molecule has 2 heterocycles. The van der Waals surface area contributed by atoms with Crippen molar-refractivity contribution < 1.29 is 13.2 Å². The van der Waals surface area contributed by atoms with Crippen LogP contribution in [0.1, 0.15) is 78.5 Å². The molecule has 1 saturated heterocycles. The Morgan fingerprint density at radius 3 is 2.33 bits per heavy atom. The lowest BCUT2D eigenvalue weighted by atomic mass is 10.1. The number of thioether (sulfide) groups is 1. The first-order valence-corrected chi connectivity index (χ1v) is 18.5. The summed E-state index contributed by atoms with van der Waals surface area (Å²) in [6.07, 6.45) is 2.62. The van der Waals surface area contributed by atoms with Crippen molar-refractivity contribution in [1.82, 2.24) is 8.87 Å². The van der Waals surface area contributed by atoms with Gasteiger partial charge in [-0.3, -0.25) is 0 Å².